The van der Waals surface area contributed by atoms with Gasteiger partial charge >= 0.3 is 0 Å². The van der Waals surface area contributed by atoms with Crippen LogP contribution in [0.25, 0.3) is 0 Å². The van der Waals surface area contributed by atoms with E-state index in [1.54, 1.807) is 0 Å². The van der Waals surface area contributed by atoms with Crippen LogP contribution in [0, 0.1) is 5.92 Å². The third-order valence-corrected chi connectivity index (χ3v) is 3.52. The first-order chi connectivity index (χ1) is 7.34. The second-order valence-corrected chi connectivity index (χ2v) is 6.68. The van der Waals surface area contributed by atoms with E-state index < -0.39 is 9.05 Å². The molecule has 0 saturated carbocycles. The van der Waals surface area contributed by atoms with Crippen LogP contribution in [0.3, 0.4) is 0 Å². The van der Waals surface area contributed by atoms with E-state index in [9.17, 15) is 8.42 Å². The molecule has 1 aromatic heterocycles. The number of rotatable bonds is 5. The number of aromatic nitrogens is 2. The third-order valence-electron chi connectivity index (χ3n) is 2.35. The van der Waals surface area contributed by atoms with Gasteiger partial charge in [-0.05, 0) is 12.3 Å². The summed E-state index contributed by atoms with van der Waals surface area (Å²) in [6, 6.07) is 0. The molecule has 0 aromatic carbocycles. The average molecular weight is 265 g/mol. The lowest BCUT2D eigenvalue weighted by molar-refractivity contribution is 0.506. The Balaban J connectivity index is 2.96. The molecule has 92 valence electrons. The molecular weight excluding hydrogens is 248 g/mol. The molecule has 0 saturated heterocycles. The second-order valence-electron chi connectivity index (χ2n) is 4.16. The highest BCUT2D eigenvalue weighted by atomic mass is 35.7. The first-order valence-electron chi connectivity index (χ1n) is 5.35. The quantitative estimate of drug-likeness (QED) is 0.768. The van der Waals surface area contributed by atoms with Gasteiger partial charge in [0, 0.05) is 29.8 Å². The lowest BCUT2D eigenvalue weighted by Gasteiger charge is -2.07. The first kappa shape index (κ1) is 13.5. The van der Waals surface area contributed by atoms with Gasteiger partial charge in [-0.1, -0.05) is 20.8 Å². The summed E-state index contributed by atoms with van der Waals surface area (Å²) in [4.78, 5) is 4.02. The molecule has 4 nitrogen and oxygen atoms in total. The molecule has 0 spiro atoms. The highest BCUT2D eigenvalue weighted by Crippen LogP contribution is 2.16. The second kappa shape index (κ2) is 5.19. The Labute approximate surface area is 101 Å². The summed E-state index contributed by atoms with van der Waals surface area (Å²) < 4.78 is 24.2. The van der Waals surface area contributed by atoms with E-state index in [0.29, 0.717) is 12.3 Å². The van der Waals surface area contributed by atoms with Crippen LogP contribution in [-0.2, 0) is 22.0 Å². The molecule has 6 heteroatoms. The van der Waals surface area contributed by atoms with E-state index in [1.165, 1.54) is 6.20 Å². The number of halogens is 1. The number of imidazole rings is 1. The zero-order chi connectivity index (χ0) is 12.3. The highest BCUT2D eigenvalue weighted by Gasteiger charge is 2.16. The molecule has 1 heterocycles. The van der Waals surface area contributed by atoms with Crippen molar-refractivity contribution in [2.24, 2.45) is 5.92 Å². The van der Waals surface area contributed by atoms with Crippen molar-refractivity contribution in [3.05, 3.63) is 12.0 Å². The van der Waals surface area contributed by atoms with E-state index in [1.807, 2.05) is 11.5 Å². The molecule has 1 aromatic rings. The molecule has 0 atom stereocenters. The van der Waals surface area contributed by atoms with Gasteiger partial charge in [0.1, 0.15) is 5.82 Å². The number of hydrogen-bond acceptors (Lipinski definition) is 3. The zero-order valence-corrected chi connectivity index (χ0v) is 11.3. The first-order valence-corrected chi connectivity index (χ1v) is 7.66. The van der Waals surface area contributed by atoms with Crippen LogP contribution in [0.2, 0.25) is 0 Å². The largest absolute Gasteiger partial charge is 0.333 e. The molecule has 1 rings (SSSR count). The molecule has 0 amide bonds. The van der Waals surface area contributed by atoms with Crippen LogP contribution in [0.15, 0.2) is 11.2 Å². The fourth-order valence-corrected chi connectivity index (χ4v) is 2.11. The van der Waals surface area contributed by atoms with Crippen molar-refractivity contribution < 1.29 is 8.42 Å². The normalized spacial score (nSPS) is 12.3. The fourth-order valence-electron chi connectivity index (χ4n) is 1.42. The summed E-state index contributed by atoms with van der Waals surface area (Å²) in [5.41, 5.74) is 0. The van der Waals surface area contributed by atoms with Gasteiger partial charge in [0.25, 0.3) is 9.05 Å². The van der Waals surface area contributed by atoms with Gasteiger partial charge in [-0.15, -0.1) is 0 Å². The summed E-state index contributed by atoms with van der Waals surface area (Å²) in [6.07, 6.45) is 3.21. The Morgan fingerprint density at radius 1 is 1.50 bits per heavy atom. The van der Waals surface area contributed by atoms with Gasteiger partial charge in [0.15, 0.2) is 5.03 Å². The maximum absolute atomic E-state index is 11.1. The predicted molar refractivity (Wildman–Crippen MR) is 64.1 cm³/mol. The van der Waals surface area contributed by atoms with Crippen molar-refractivity contribution in [1.29, 1.82) is 0 Å². The molecule has 0 aliphatic rings. The van der Waals surface area contributed by atoms with Gasteiger partial charge in [-0.2, -0.15) is 0 Å². The van der Waals surface area contributed by atoms with Crippen LogP contribution in [0.1, 0.15) is 33.0 Å². The fraction of sp³-hybridized carbons (Fsp3) is 0.700. The van der Waals surface area contributed by atoms with E-state index in [0.717, 1.165) is 18.8 Å². The number of nitrogens with zero attached hydrogens (tertiary/aromatic N) is 2. The summed E-state index contributed by atoms with van der Waals surface area (Å²) in [5, 5.41) is -0.0465. The summed E-state index contributed by atoms with van der Waals surface area (Å²) in [6.45, 7) is 6.97. The molecule has 16 heavy (non-hydrogen) atoms. The van der Waals surface area contributed by atoms with Crippen LogP contribution in [-0.4, -0.2) is 18.0 Å². The minimum atomic E-state index is -3.71. The van der Waals surface area contributed by atoms with Gasteiger partial charge < -0.3 is 4.57 Å². The Morgan fingerprint density at radius 2 is 2.12 bits per heavy atom. The molecule has 0 bridgehead atoms. The Kier molecular flexibility index (Phi) is 4.38. The Hall–Kier alpha value is -0.550. The van der Waals surface area contributed by atoms with Crippen LogP contribution in [0.4, 0.5) is 0 Å². The maximum Gasteiger partial charge on any atom is 0.280 e. The van der Waals surface area contributed by atoms with Crippen molar-refractivity contribution >= 4 is 19.7 Å². The van der Waals surface area contributed by atoms with Crippen LogP contribution < -0.4 is 0 Å². The highest BCUT2D eigenvalue weighted by molar-refractivity contribution is 8.13. The van der Waals surface area contributed by atoms with Gasteiger partial charge in [-0.3, -0.25) is 0 Å². The standard InChI is InChI=1S/C10H17ClN2O2S/c1-4-9-12-10(16(11,14)15)7-13(9)6-5-8(2)3/h7-8H,4-6H2,1-3H3. The molecule has 0 radical (unpaired) electrons. The smallest absolute Gasteiger partial charge is 0.280 e. The van der Waals surface area contributed by atoms with Gasteiger partial charge in [-0.25, -0.2) is 13.4 Å². The van der Waals surface area contributed by atoms with Gasteiger partial charge in [0.05, 0.1) is 0 Å². The lowest BCUT2D eigenvalue weighted by Crippen LogP contribution is -2.04. The number of hydrogen-bond donors (Lipinski definition) is 0. The van der Waals surface area contributed by atoms with Crippen molar-refractivity contribution in [3.63, 3.8) is 0 Å². The molecule has 0 aliphatic carbocycles. The summed E-state index contributed by atoms with van der Waals surface area (Å²) in [7, 11) is 1.55. The van der Waals surface area contributed by atoms with Crippen LogP contribution in [0.5, 0.6) is 0 Å². The summed E-state index contributed by atoms with van der Waals surface area (Å²) >= 11 is 0. The Bertz CT molecular complexity index is 451. The molecule has 0 aliphatic heterocycles. The lowest BCUT2D eigenvalue weighted by atomic mass is 10.1. The molecular formula is C10H17ClN2O2S. The molecule has 0 fully saturated rings. The Morgan fingerprint density at radius 3 is 2.56 bits per heavy atom. The minimum Gasteiger partial charge on any atom is -0.333 e. The van der Waals surface area contributed by atoms with Crippen molar-refractivity contribution in [3.8, 4) is 0 Å². The summed E-state index contributed by atoms with van der Waals surface area (Å²) in [5.74, 6) is 1.34. The van der Waals surface area contributed by atoms with Crippen molar-refractivity contribution in [1.82, 2.24) is 9.55 Å². The van der Waals surface area contributed by atoms with Crippen LogP contribution >= 0.6 is 10.7 Å². The third kappa shape index (κ3) is 3.49. The predicted octanol–water partition coefficient (Wildman–Crippen LogP) is 2.42. The van der Waals surface area contributed by atoms with Gasteiger partial charge in [0.2, 0.25) is 0 Å². The van der Waals surface area contributed by atoms with Crippen molar-refractivity contribution in [2.75, 3.05) is 0 Å². The SMILES string of the molecule is CCc1nc(S(=O)(=O)Cl)cn1CCC(C)C. The molecule has 0 N–H and O–H groups in total. The molecule has 0 unspecified atom stereocenters. The van der Waals surface area contributed by atoms with E-state index in [4.69, 9.17) is 10.7 Å². The zero-order valence-electron chi connectivity index (χ0n) is 9.77. The maximum atomic E-state index is 11.1. The van der Waals surface area contributed by atoms with E-state index in [2.05, 4.69) is 18.8 Å². The van der Waals surface area contributed by atoms with E-state index >= 15 is 0 Å². The minimum absolute atomic E-state index is 0.0465. The number of aryl methyl sites for hydroxylation is 2. The van der Waals surface area contributed by atoms with E-state index in [-0.39, 0.29) is 5.03 Å². The van der Waals surface area contributed by atoms with Crippen molar-refractivity contribution in [2.45, 2.75) is 45.2 Å². The average Bonchev–Trinajstić information content (AvgIpc) is 2.56. The topological polar surface area (TPSA) is 52.0 Å². The monoisotopic (exact) mass is 264 g/mol.